The Hall–Kier alpha value is -1.43. The molecular weight excluding hydrogens is 302 g/mol. The number of carbonyl (C=O) groups is 1. The molecule has 0 aliphatic carbocycles. The largest absolute Gasteiger partial charge is 0.379 e. The van der Waals surface area contributed by atoms with Gasteiger partial charge in [-0.2, -0.15) is 0 Å². The summed E-state index contributed by atoms with van der Waals surface area (Å²) < 4.78 is 5.49. The summed E-state index contributed by atoms with van der Waals surface area (Å²) in [6, 6.07) is 8.87. The molecule has 0 spiro atoms. The van der Waals surface area contributed by atoms with Gasteiger partial charge in [-0.1, -0.05) is 36.8 Å². The number of aryl methyl sites for hydroxylation is 1. The van der Waals surface area contributed by atoms with E-state index in [1.165, 1.54) is 11.1 Å². The maximum atomic E-state index is 12.5. The van der Waals surface area contributed by atoms with Crippen LogP contribution in [0.2, 0.25) is 0 Å². The predicted molar refractivity (Wildman–Crippen MR) is 94.8 cm³/mol. The molecule has 5 nitrogen and oxygen atoms in total. The number of hydrogen-bond acceptors (Lipinski definition) is 4. The molecule has 0 aromatic heterocycles. The van der Waals surface area contributed by atoms with Gasteiger partial charge in [-0.3, -0.25) is 9.69 Å². The van der Waals surface area contributed by atoms with E-state index in [0.29, 0.717) is 12.5 Å². The topological polar surface area (TPSA) is 53.6 Å². The van der Waals surface area contributed by atoms with Crippen molar-refractivity contribution >= 4 is 5.91 Å². The lowest BCUT2D eigenvalue weighted by Crippen LogP contribution is -2.51. The predicted octanol–water partition coefficient (Wildman–Crippen LogP) is 1.34. The van der Waals surface area contributed by atoms with Crippen LogP contribution in [-0.2, 0) is 9.53 Å². The van der Waals surface area contributed by atoms with E-state index in [4.69, 9.17) is 4.74 Å². The second-order valence-electron chi connectivity index (χ2n) is 7.03. The molecule has 0 bridgehead atoms. The van der Waals surface area contributed by atoms with Gasteiger partial charge in [0, 0.05) is 25.6 Å². The first-order valence-electron chi connectivity index (χ1n) is 9.02. The Morgan fingerprint density at radius 2 is 1.96 bits per heavy atom. The molecule has 5 heteroatoms. The van der Waals surface area contributed by atoms with Crippen LogP contribution in [0, 0.1) is 18.8 Å². The molecule has 2 heterocycles. The van der Waals surface area contributed by atoms with E-state index in [1.807, 2.05) is 6.92 Å². The van der Waals surface area contributed by atoms with Gasteiger partial charge in [0.1, 0.15) is 0 Å². The van der Waals surface area contributed by atoms with Crippen molar-refractivity contribution in [2.75, 3.05) is 45.9 Å². The van der Waals surface area contributed by atoms with Crippen molar-refractivity contribution in [2.45, 2.75) is 19.9 Å². The molecule has 3 rings (SSSR count). The third-order valence-corrected chi connectivity index (χ3v) is 5.35. The zero-order chi connectivity index (χ0) is 16.9. The van der Waals surface area contributed by atoms with Gasteiger partial charge in [0.2, 0.25) is 5.91 Å². The van der Waals surface area contributed by atoms with Crippen molar-refractivity contribution in [1.29, 1.82) is 0 Å². The molecule has 0 radical (unpaired) electrons. The lowest BCUT2D eigenvalue weighted by atomic mass is 9.88. The van der Waals surface area contributed by atoms with Crippen LogP contribution in [0.1, 0.15) is 24.1 Å². The van der Waals surface area contributed by atoms with Gasteiger partial charge in [-0.15, -0.1) is 0 Å². The van der Waals surface area contributed by atoms with Crippen LogP contribution in [0.25, 0.3) is 0 Å². The molecule has 2 fully saturated rings. The Labute approximate surface area is 144 Å². The molecule has 1 aromatic carbocycles. The number of carbonyl (C=O) groups excluding carboxylic acids is 1. The van der Waals surface area contributed by atoms with Crippen LogP contribution in [0.4, 0.5) is 0 Å². The van der Waals surface area contributed by atoms with E-state index < -0.39 is 0 Å². The summed E-state index contributed by atoms with van der Waals surface area (Å²) in [5, 5.41) is 6.44. The fourth-order valence-corrected chi connectivity index (χ4v) is 3.37. The summed E-state index contributed by atoms with van der Waals surface area (Å²) in [4.78, 5) is 14.9. The first-order valence-corrected chi connectivity index (χ1v) is 9.02. The number of nitrogens with zero attached hydrogens (tertiary/aromatic N) is 1. The third-order valence-electron chi connectivity index (χ3n) is 5.35. The second-order valence-corrected chi connectivity index (χ2v) is 7.03. The lowest BCUT2D eigenvalue weighted by molar-refractivity contribution is -0.127. The highest BCUT2D eigenvalue weighted by Gasteiger charge is 2.30. The molecule has 2 aliphatic heterocycles. The summed E-state index contributed by atoms with van der Waals surface area (Å²) in [6.07, 6.45) is 0. The van der Waals surface area contributed by atoms with E-state index in [-0.39, 0.29) is 17.9 Å². The number of benzene rings is 1. The number of ether oxygens (including phenoxy) is 1. The first-order chi connectivity index (χ1) is 11.6. The van der Waals surface area contributed by atoms with E-state index in [1.54, 1.807) is 0 Å². The zero-order valence-corrected chi connectivity index (χ0v) is 14.8. The normalized spacial score (nSPS) is 21.8. The number of morpholine rings is 1. The Morgan fingerprint density at radius 1 is 1.29 bits per heavy atom. The Kier molecular flexibility index (Phi) is 5.87. The highest BCUT2D eigenvalue weighted by Crippen LogP contribution is 2.22. The number of nitrogens with one attached hydrogen (secondary N) is 2. The summed E-state index contributed by atoms with van der Waals surface area (Å²) in [5.41, 5.74) is 2.52. The molecule has 1 aromatic rings. The minimum absolute atomic E-state index is 0.0783. The zero-order valence-electron chi connectivity index (χ0n) is 14.8. The van der Waals surface area contributed by atoms with Crippen LogP contribution in [0.3, 0.4) is 0 Å². The fourth-order valence-electron chi connectivity index (χ4n) is 3.37. The van der Waals surface area contributed by atoms with Crippen LogP contribution >= 0.6 is 0 Å². The van der Waals surface area contributed by atoms with Crippen LogP contribution < -0.4 is 10.6 Å². The van der Waals surface area contributed by atoms with Gasteiger partial charge in [-0.05, 0) is 31.5 Å². The smallest absolute Gasteiger partial charge is 0.223 e. The van der Waals surface area contributed by atoms with Crippen molar-refractivity contribution in [3.8, 4) is 0 Å². The van der Waals surface area contributed by atoms with E-state index in [0.717, 1.165) is 39.4 Å². The Balaban J connectivity index is 1.64. The van der Waals surface area contributed by atoms with E-state index in [9.17, 15) is 4.79 Å². The molecule has 2 N–H and O–H groups in total. The standard InChI is InChI=1S/C19H29N3O2/c1-14-3-5-16(6-4-14)18(22-7-9-24-10-8-22)13-21-19(23)15(2)17-11-20-12-17/h3-6,15,17-18,20H,7-13H2,1-2H3,(H,21,23). The minimum atomic E-state index is 0.0783. The van der Waals surface area contributed by atoms with Gasteiger partial charge in [0.25, 0.3) is 0 Å². The van der Waals surface area contributed by atoms with Gasteiger partial charge in [0.05, 0.1) is 19.3 Å². The molecule has 1 amide bonds. The molecule has 0 saturated carbocycles. The quantitative estimate of drug-likeness (QED) is 0.826. The van der Waals surface area contributed by atoms with Gasteiger partial charge < -0.3 is 15.4 Å². The lowest BCUT2D eigenvalue weighted by Gasteiger charge is -2.36. The molecule has 2 aliphatic rings. The molecular formula is C19H29N3O2. The SMILES string of the molecule is Cc1ccc(C(CNC(=O)C(C)C2CNC2)N2CCOCC2)cc1. The summed E-state index contributed by atoms with van der Waals surface area (Å²) in [5.74, 6) is 0.729. The fraction of sp³-hybridized carbons (Fsp3) is 0.632. The highest BCUT2D eigenvalue weighted by atomic mass is 16.5. The van der Waals surface area contributed by atoms with Crippen molar-refractivity contribution in [1.82, 2.24) is 15.5 Å². The van der Waals surface area contributed by atoms with Crippen LogP contribution in [0.15, 0.2) is 24.3 Å². The maximum Gasteiger partial charge on any atom is 0.223 e. The summed E-state index contributed by atoms with van der Waals surface area (Å²) in [6.45, 7) is 10.1. The number of hydrogen-bond donors (Lipinski definition) is 2. The molecule has 132 valence electrons. The minimum Gasteiger partial charge on any atom is -0.379 e. The number of amides is 1. The van der Waals surface area contributed by atoms with E-state index >= 15 is 0 Å². The van der Waals surface area contributed by atoms with Crippen molar-refractivity contribution in [3.63, 3.8) is 0 Å². The Bertz CT molecular complexity index is 536. The van der Waals surface area contributed by atoms with E-state index in [2.05, 4.69) is 46.7 Å². The Morgan fingerprint density at radius 3 is 2.54 bits per heavy atom. The molecule has 24 heavy (non-hydrogen) atoms. The van der Waals surface area contributed by atoms with Gasteiger partial charge in [-0.25, -0.2) is 0 Å². The first kappa shape index (κ1) is 17.4. The third kappa shape index (κ3) is 4.15. The highest BCUT2D eigenvalue weighted by molar-refractivity contribution is 5.78. The average Bonchev–Trinajstić information content (AvgIpc) is 2.56. The van der Waals surface area contributed by atoms with Crippen molar-refractivity contribution < 1.29 is 9.53 Å². The van der Waals surface area contributed by atoms with Gasteiger partial charge >= 0.3 is 0 Å². The monoisotopic (exact) mass is 331 g/mol. The van der Waals surface area contributed by atoms with Crippen LogP contribution in [-0.4, -0.2) is 56.7 Å². The molecule has 2 atom stereocenters. The summed E-state index contributed by atoms with van der Waals surface area (Å²) >= 11 is 0. The van der Waals surface area contributed by atoms with Crippen molar-refractivity contribution in [2.24, 2.45) is 11.8 Å². The maximum absolute atomic E-state index is 12.5. The van der Waals surface area contributed by atoms with Crippen molar-refractivity contribution in [3.05, 3.63) is 35.4 Å². The average molecular weight is 331 g/mol. The molecule has 2 saturated heterocycles. The van der Waals surface area contributed by atoms with Gasteiger partial charge in [0.15, 0.2) is 0 Å². The van der Waals surface area contributed by atoms with Crippen LogP contribution in [0.5, 0.6) is 0 Å². The molecule has 2 unspecified atom stereocenters. The number of rotatable bonds is 6. The summed E-state index contributed by atoms with van der Waals surface area (Å²) in [7, 11) is 0. The second kappa shape index (κ2) is 8.10.